The highest BCUT2D eigenvalue weighted by molar-refractivity contribution is 6.03. The first kappa shape index (κ1) is 10.2. The average molecular weight is 220 g/mol. The zero-order valence-electron chi connectivity index (χ0n) is 8.20. The lowest BCUT2D eigenvalue weighted by atomic mass is 10.2. The molecule has 2 aromatic rings. The Morgan fingerprint density at radius 3 is 2.94 bits per heavy atom. The summed E-state index contributed by atoms with van der Waals surface area (Å²) in [6.07, 6.45) is 1.44. The number of nitrogens with one attached hydrogen (secondary N) is 2. The van der Waals surface area contributed by atoms with Gasteiger partial charge in [-0.3, -0.25) is 9.89 Å². The van der Waals surface area contributed by atoms with Crippen LogP contribution < -0.4 is 11.1 Å². The summed E-state index contributed by atoms with van der Waals surface area (Å²) in [4.78, 5) is 11.5. The van der Waals surface area contributed by atoms with Crippen LogP contribution >= 0.6 is 0 Å². The Bertz CT molecular complexity index is 510. The van der Waals surface area contributed by atoms with Crippen molar-refractivity contribution in [1.29, 1.82) is 0 Å². The van der Waals surface area contributed by atoms with Crippen molar-refractivity contribution in [3.63, 3.8) is 0 Å². The number of H-pyrrole nitrogens is 1. The standard InChI is InChI=1S/C10H9FN4O/c11-7-2-1-6(12)5-9(7)14-10(16)8-3-4-13-15-8/h1-5H,12H2,(H,13,15)(H,14,16). The number of benzene rings is 1. The Hall–Kier alpha value is -2.37. The van der Waals surface area contributed by atoms with Gasteiger partial charge in [-0.15, -0.1) is 0 Å². The summed E-state index contributed by atoms with van der Waals surface area (Å²) in [5.41, 5.74) is 6.15. The Morgan fingerprint density at radius 1 is 1.44 bits per heavy atom. The molecule has 6 heteroatoms. The van der Waals surface area contributed by atoms with Crippen molar-refractivity contribution in [2.75, 3.05) is 11.1 Å². The lowest BCUT2D eigenvalue weighted by molar-refractivity contribution is 0.102. The van der Waals surface area contributed by atoms with E-state index in [1.807, 2.05) is 0 Å². The highest BCUT2D eigenvalue weighted by atomic mass is 19.1. The molecule has 2 rings (SSSR count). The van der Waals surface area contributed by atoms with Gasteiger partial charge in [0, 0.05) is 11.9 Å². The number of rotatable bonds is 2. The quantitative estimate of drug-likeness (QED) is 0.668. The Kier molecular flexibility index (Phi) is 2.55. The molecule has 1 aromatic carbocycles. The maximum atomic E-state index is 13.3. The van der Waals surface area contributed by atoms with Crippen LogP contribution in [0.15, 0.2) is 30.5 Å². The first-order valence-corrected chi connectivity index (χ1v) is 4.52. The molecule has 0 bridgehead atoms. The molecule has 1 amide bonds. The highest BCUT2D eigenvalue weighted by Gasteiger charge is 2.10. The zero-order chi connectivity index (χ0) is 11.5. The maximum Gasteiger partial charge on any atom is 0.273 e. The highest BCUT2D eigenvalue weighted by Crippen LogP contribution is 2.17. The van der Waals surface area contributed by atoms with Gasteiger partial charge in [0.05, 0.1) is 5.69 Å². The van der Waals surface area contributed by atoms with E-state index in [1.165, 1.54) is 30.5 Å². The normalized spacial score (nSPS) is 10.1. The van der Waals surface area contributed by atoms with Crippen molar-refractivity contribution >= 4 is 17.3 Å². The van der Waals surface area contributed by atoms with Crippen LogP contribution in [0.3, 0.4) is 0 Å². The van der Waals surface area contributed by atoms with Crippen LogP contribution in [0.2, 0.25) is 0 Å². The summed E-state index contributed by atoms with van der Waals surface area (Å²) < 4.78 is 13.3. The molecule has 1 aromatic heterocycles. The van der Waals surface area contributed by atoms with E-state index in [1.54, 1.807) is 0 Å². The van der Waals surface area contributed by atoms with Crippen LogP contribution in [-0.2, 0) is 0 Å². The molecule has 82 valence electrons. The predicted molar refractivity (Wildman–Crippen MR) is 57.4 cm³/mol. The lowest BCUT2D eigenvalue weighted by Gasteiger charge is -2.05. The summed E-state index contributed by atoms with van der Waals surface area (Å²) in [5.74, 6) is -1.01. The van der Waals surface area contributed by atoms with Gasteiger partial charge in [0.2, 0.25) is 0 Å². The zero-order valence-corrected chi connectivity index (χ0v) is 8.20. The SMILES string of the molecule is Nc1ccc(F)c(NC(=O)c2ccn[nH]2)c1. The van der Waals surface area contributed by atoms with Crippen LogP contribution in [-0.4, -0.2) is 16.1 Å². The minimum Gasteiger partial charge on any atom is -0.399 e. The third-order valence-electron chi connectivity index (χ3n) is 1.98. The Labute approximate surface area is 90.5 Å². The number of amides is 1. The second-order valence-electron chi connectivity index (χ2n) is 3.16. The molecule has 0 aliphatic heterocycles. The van der Waals surface area contributed by atoms with Crippen LogP contribution in [0.5, 0.6) is 0 Å². The van der Waals surface area contributed by atoms with Gasteiger partial charge in [-0.25, -0.2) is 4.39 Å². The monoisotopic (exact) mass is 220 g/mol. The molecule has 0 fully saturated rings. The number of carbonyl (C=O) groups excluding carboxylic acids is 1. The molecule has 0 aliphatic carbocycles. The molecule has 1 heterocycles. The average Bonchev–Trinajstić information content (AvgIpc) is 2.76. The number of nitrogens with two attached hydrogens (primary N) is 1. The van der Waals surface area contributed by atoms with Gasteiger partial charge >= 0.3 is 0 Å². The number of nitrogen functional groups attached to an aromatic ring is 1. The second-order valence-corrected chi connectivity index (χ2v) is 3.16. The first-order valence-electron chi connectivity index (χ1n) is 4.52. The molecule has 4 N–H and O–H groups in total. The van der Waals surface area contributed by atoms with E-state index < -0.39 is 11.7 Å². The van der Waals surface area contributed by atoms with Crippen molar-refractivity contribution in [2.45, 2.75) is 0 Å². The third-order valence-corrected chi connectivity index (χ3v) is 1.98. The lowest BCUT2D eigenvalue weighted by Crippen LogP contribution is -2.13. The van der Waals surface area contributed by atoms with Crippen LogP contribution in [0, 0.1) is 5.82 Å². The minimum atomic E-state index is -0.540. The molecular formula is C10H9FN4O. The smallest absolute Gasteiger partial charge is 0.273 e. The number of carbonyl (C=O) groups is 1. The van der Waals surface area contributed by atoms with Gasteiger partial charge in [0.15, 0.2) is 0 Å². The molecule has 0 spiro atoms. The van der Waals surface area contributed by atoms with E-state index in [4.69, 9.17) is 5.73 Å². The third kappa shape index (κ3) is 2.00. The largest absolute Gasteiger partial charge is 0.399 e. The van der Waals surface area contributed by atoms with E-state index in [-0.39, 0.29) is 11.4 Å². The molecule has 16 heavy (non-hydrogen) atoms. The summed E-state index contributed by atoms with van der Waals surface area (Å²) in [6, 6.07) is 5.45. The summed E-state index contributed by atoms with van der Waals surface area (Å²) in [5, 5.41) is 8.48. The van der Waals surface area contributed by atoms with Crippen LogP contribution in [0.4, 0.5) is 15.8 Å². The van der Waals surface area contributed by atoms with Gasteiger partial charge in [-0.1, -0.05) is 0 Å². The molecule has 0 radical (unpaired) electrons. The van der Waals surface area contributed by atoms with Crippen LogP contribution in [0.1, 0.15) is 10.5 Å². The summed E-state index contributed by atoms with van der Waals surface area (Å²) in [7, 11) is 0. The first-order chi connectivity index (χ1) is 7.66. The number of aromatic amines is 1. The number of hydrogen-bond acceptors (Lipinski definition) is 3. The van der Waals surface area contributed by atoms with Crippen molar-refractivity contribution in [3.05, 3.63) is 42.0 Å². The van der Waals surface area contributed by atoms with Crippen molar-refractivity contribution < 1.29 is 9.18 Å². The van der Waals surface area contributed by atoms with Gasteiger partial charge in [0.1, 0.15) is 11.5 Å². The topological polar surface area (TPSA) is 83.8 Å². The van der Waals surface area contributed by atoms with Crippen molar-refractivity contribution in [3.8, 4) is 0 Å². The fraction of sp³-hybridized carbons (Fsp3) is 0. The Balaban J connectivity index is 2.21. The van der Waals surface area contributed by atoms with E-state index in [0.717, 1.165) is 0 Å². The maximum absolute atomic E-state index is 13.3. The van der Waals surface area contributed by atoms with Gasteiger partial charge in [0.25, 0.3) is 5.91 Å². The number of aromatic nitrogens is 2. The van der Waals surface area contributed by atoms with Gasteiger partial charge < -0.3 is 11.1 Å². The number of halogens is 1. The number of anilines is 2. The van der Waals surface area contributed by atoms with E-state index in [9.17, 15) is 9.18 Å². The molecule has 5 nitrogen and oxygen atoms in total. The van der Waals surface area contributed by atoms with E-state index in [2.05, 4.69) is 15.5 Å². The molecule has 0 atom stereocenters. The van der Waals surface area contributed by atoms with Gasteiger partial charge in [-0.2, -0.15) is 5.10 Å². The molecule has 0 aliphatic rings. The molecule has 0 saturated heterocycles. The second kappa shape index (κ2) is 4.01. The molecule has 0 unspecified atom stereocenters. The van der Waals surface area contributed by atoms with Crippen molar-refractivity contribution in [2.24, 2.45) is 0 Å². The van der Waals surface area contributed by atoms with Crippen LogP contribution in [0.25, 0.3) is 0 Å². The van der Waals surface area contributed by atoms with E-state index in [0.29, 0.717) is 5.69 Å². The van der Waals surface area contributed by atoms with Gasteiger partial charge in [-0.05, 0) is 24.3 Å². The van der Waals surface area contributed by atoms with Crippen molar-refractivity contribution in [1.82, 2.24) is 10.2 Å². The molecular weight excluding hydrogens is 211 g/mol. The fourth-order valence-corrected chi connectivity index (χ4v) is 1.21. The van der Waals surface area contributed by atoms with E-state index >= 15 is 0 Å². The Morgan fingerprint density at radius 2 is 2.25 bits per heavy atom. The minimum absolute atomic E-state index is 0.0413. The number of hydrogen-bond donors (Lipinski definition) is 3. The predicted octanol–water partition coefficient (Wildman–Crippen LogP) is 1.38. The number of nitrogens with zero attached hydrogens (tertiary/aromatic N) is 1. The summed E-state index contributed by atoms with van der Waals surface area (Å²) in [6.45, 7) is 0. The fourth-order valence-electron chi connectivity index (χ4n) is 1.21. The molecule has 0 saturated carbocycles. The summed E-state index contributed by atoms with van der Waals surface area (Å²) >= 11 is 0.